The quantitative estimate of drug-likeness (QED) is 0.257. The Labute approximate surface area is 239 Å². The van der Waals surface area contributed by atoms with Gasteiger partial charge in [-0.1, -0.05) is 28.1 Å². The van der Waals surface area contributed by atoms with Crippen LogP contribution < -0.4 is 19.7 Å². The molecule has 0 radical (unpaired) electrons. The number of para-hydroxylation sites is 2. The van der Waals surface area contributed by atoms with E-state index in [0.717, 1.165) is 30.4 Å². The second-order valence-electron chi connectivity index (χ2n) is 9.44. The Hall–Kier alpha value is -3.09. The molecule has 0 unspecified atom stereocenters. The molecule has 3 aromatic carbocycles. The van der Waals surface area contributed by atoms with Crippen LogP contribution in [0.5, 0.6) is 11.5 Å². The molecule has 0 bridgehead atoms. The summed E-state index contributed by atoms with van der Waals surface area (Å²) in [6, 6.07) is 18.3. The molecule has 1 amide bonds. The van der Waals surface area contributed by atoms with Crippen LogP contribution in [0.3, 0.4) is 0 Å². The average molecular weight is 641 g/mol. The highest BCUT2D eigenvalue weighted by molar-refractivity contribution is 9.10. The normalized spacial score (nSPS) is 14.5. The van der Waals surface area contributed by atoms with E-state index < -0.39 is 22.1 Å². The largest absolute Gasteiger partial charge is 0.471 e. The third kappa shape index (κ3) is 7.98. The Bertz CT molecular complexity index is 1400. The second-order valence-corrected chi connectivity index (χ2v) is 12.0. The summed E-state index contributed by atoms with van der Waals surface area (Å²) in [5, 5.41) is 3.25. The highest BCUT2D eigenvalue weighted by Gasteiger charge is 2.43. The maximum atomic E-state index is 13.4. The summed E-state index contributed by atoms with van der Waals surface area (Å²) in [4.78, 5) is 12.7. The van der Waals surface area contributed by atoms with E-state index in [0.29, 0.717) is 29.4 Å². The first kappa shape index (κ1) is 29.9. The van der Waals surface area contributed by atoms with E-state index in [1.807, 2.05) is 0 Å². The molecule has 12 heteroatoms. The molecule has 2 N–H and O–H groups in total. The van der Waals surface area contributed by atoms with Gasteiger partial charge in [0.15, 0.2) is 5.75 Å². The smallest absolute Gasteiger partial charge is 0.455 e. The summed E-state index contributed by atoms with van der Waals surface area (Å²) in [5.41, 5.74) is 0.159. The van der Waals surface area contributed by atoms with Crippen LogP contribution in [0.2, 0.25) is 0 Å². The monoisotopic (exact) mass is 639 g/mol. The van der Waals surface area contributed by atoms with Gasteiger partial charge < -0.3 is 15.0 Å². The lowest BCUT2D eigenvalue weighted by molar-refractivity contribution is -0.170. The summed E-state index contributed by atoms with van der Waals surface area (Å²) >= 11 is 3.34. The number of nitrogens with one attached hydrogen (secondary N) is 2. The number of carbonyl (C=O) groups excluding carboxylic acids is 1. The van der Waals surface area contributed by atoms with Gasteiger partial charge in [0.25, 0.3) is 10.0 Å². The van der Waals surface area contributed by atoms with E-state index >= 15 is 0 Å². The van der Waals surface area contributed by atoms with Crippen molar-refractivity contribution in [1.82, 2.24) is 5.32 Å². The number of alkyl halides is 3. The Morgan fingerprint density at radius 2 is 1.65 bits per heavy atom. The minimum atomic E-state index is -5.06. The van der Waals surface area contributed by atoms with Gasteiger partial charge in [0.2, 0.25) is 0 Å². The van der Waals surface area contributed by atoms with Crippen LogP contribution in [0.4, 0.5) is 24.5 Å². The van der Waals surface area contributed by atoms with Crippen molar-refractivity contribution in [2.24, 2.45) is 5.92 Å². The van der Waals surface area contributed by atoms with Gasteiger partial charge in [-0.3, -0.25) is 9.52 Å². The van der Waals surface area contributed by atoms with Crippen molar-refractivity contribution in [2.45, 2.75) is 36.8 Å². The number of sulfonamides is 1. The van der Waals surface area contributed by atoms with Crippen LogP contribution in [-0.2, 0) is 14.8 Å². The minimum Gasteiger partial charge on any atom is -0.455 e. The Kier molecular flexibility index (Phi) is 9.75. The minimum absolute atomic E-state index is 0.0226. The number of benzene rings is 3. The summed E-state index contributed by atoms with van der Waals surface area (Å²) in [7, 11) is -4.13. The molecule has 0 aliphatic carbocycles. The van der Waals surface area contributed by atoms with Crippen molar-refractivity contribution in [2.75, 3.05) is 29.3 Å². The number of amides is 1. The number of halogens is 4. The third-order valence-electron chi connectivity index (χ3n) is 6.57. The summed E-state index contributed by atoms with van der Waals surface area (Å²) < 4.78 is 75.5. The van der Waals surface area contributed by atoms with Gasteiger partial charge >= 0.3 is 12.1 Å². The molecule has 214 valence electrons. The molecule has 7 nitrogen and oxygen atoms in total. The van der Waals surface area contributed by atoms with Gasteiger partial charge in [0, 0.05) is 16.7 Å². The van der Waals surface area contributed by atoms with Crippen molar-refractivity contribution in [1.29, 1.82) is 0 Å². The number of hydrogen-bond donors (Lipinski definition) is 2. The van der Waals surface area contributed by atoms with Crippen LogP contribution in [0.25, 0.3) is 0 Å². The Balaban J connectivity index is 1.49. The van der Waals surface area contributed by atoms with Crippen LogP contribution in [0, 0.1) is 5.92 Å². The molecule has 1 aliphatic heterocycles. The number of piperidine rings is 1. The van der Waals surface area contributed by atoms with Gasteiger partial charge in [0.1, 0.15) is 5.75 Å². The predicted octanol–water partition coefficient (Wildman–Crippen LogP) is 6.72. The molecule has 0 saturated carbocycles. The first-order chi connectivity index (χ1) is 19.0. The maximum absolute atomic E-state index is 13.4. The fourth-order valence-electron chi connectivity index (χ4n) is 4.49. The molecule has 0 atom stereocenters. The van der Waals surface area contributed by atoms with E-state index in [9.17, 15) is 26.4 Å². The van der Waals surface area contributed by atoms with Gasteiger partial charge in [-0.25, -0.2) is 8.42 Å². The van der Waals surface area contributed by atoms with Crippen molar-refractivity contribution >= 4 is 43.2 Å². The average Bonchev–Trinajstić information content (AvgIpc) is 2.93. The number of nitrogens with zero attached hydrogens (tertiary/aromatic N) is 1. The zero-order valence-corrected chi connectivity index (χ0v) is 23.9. The molecule has 0 aromatic heterocycles. The Morgan fingerprint density at radius 1 is 1.00 bits per heavy atom. The predicted molar refractivity (Wildman–Crippen MR) is 151 cm³/mol. The maximum Gasteiger partial charge on any atom is 0.471 e. The fraction of sp³-hybridized carbons (Fsp3) is 0.321. The number of anilines is 2. The number of ether oxygens (including phenoxy) is 1. The molecule has 1 fully saturated rings. The lowest BCUT2D eigenvalue weighted by Gasteiger charge is -2.26. The molecular weight excluding hydrogens is 611 g/mol. The van der Waals surface area contributed by atoms with Crippen molar-refractivity contribution in [3.8, 4) is 11.5 Å². The number of rotatable bonds is 10. The zero-order valence-electron chi connectivity index (χ0n) is 21.5. The van der Waals surface area contributed by atoms with Crippen molar-refractivity contribution < 1.29 is 31.1 Å². The van der Waals surface area contributed by atoms with E-state index in [4.69, 9.17) is 4.74 Å². The first-order valence-corrected chi connectivity index (χ1v) is 15.1. The second kappa shape index (κ2) is 13.0. The zero-order chi connectivity index (χ0) is 28.8. The molecule has 4 rings (SSSR count). The summed E-state index contributed by atoms with van der Waals surface area (Å²) in [6.45, 7) is 1.63. The van der Waals surface area contributed by atoms with Gasteiger partial charge in [-0.15, -0.1) is 0 Å². The van der Waals surface area contributed by atoms with Gasteiger partial charge in [0.05, 0.1) is 10.6 Å². The first-order valence-electron chi connectivity index (χ1n) is 12.8. The molecule has 1 saturated heterocycles. The lowest BCUT2D eigenvalue weighted by atomic mass is 9.93. The SMILES string of the molecule is O=C(N(CCCC1CCNCC1)c1ccc(S(=O)(=O)Nc2ccccc2Oc2ccc(Br)cc2)cc1)C(F)(F)F. The number of carbonyl (C=O) groups is 1. The fourth-order valence-corrected chi connectivity index (χ4v) is 5.82. The summed E-state index contributed by atoms with van der Waals surface area (Å²) in [6.07, 6.45) is -2.04. The molecule has 1 heterocycles. The molecule has 40 heavy (non-hydrogen) atoms. The van der Waals surface area contributed by atoms with Crippen LogP contribution >= 0.6 is 15.9 Å². The molecule has 0 spiro atoms. The molecule has 3 aromatic rings. The van der Waals surface area contributed by atoms with E-state index in [2.05, 4.69) is 26.0 Å². The molecule has 1 aliphatic rings. The lowest BCUT2D eigenvalue weighted by Crippen LogP contribution is -2.42. The Morgan fingerprint density at radius 3 is 2.30 bits per heavy atom. The van der Waals surface area contributed by atoms with Crippen LogP contribution in [0.1, 0.15) is 25.7 Å². The van der Waals surface area contributed by atoms with Crippen LogP contribution in [-0.4, -0.2) is 40.1 Å². The van der Waals surface area contributed by atoms with E-state index in [1.54, 1.807) is 42.5 Å². The van der Waals surface area contributed by atoms with Gasteiger partial charge in [-0.2, -0.15) is 13.2 Å². The van der Waals surface area contributed by atoms with Crippen molar-refractivity contribution in [3.05, 3.63) is 77.3 Å². The topological polar surface area (TPSA) is 87.7 Å². The molecular formula is C28H29BrF3N3O4S. The van der Waals surface area contributed by atoms with E-state index in [1.165, 1.54) is 30.3 Å². The third-order valence-corrected chi connectivity index (χ3v) is 8.48. The summed E-state index contributed by atoms with van der Waals surface area (Å²) in [5.74, 6) is -0.821. The van der Waals surface area contributed by atoms with Crippen LogP contribution in [0.15, 0.2) is 82.2 Å². The highest BCUT2D eigenvalue weighted by atomic mass is 79.9. The highest BCUT2D eigenvalue weighted by Crippen LogP contribution is 2.32. The number of hydrogen-bond acceptors (Lipinski definition) is 5. The standard InChI is InChI=1S/C28H29BrF3N3O4S/c29-21-7-11-23(12-8-21)39-26-6-2-1-5-25(26)34-40(37,38)24-13-9-22(10-14-24)35(27(36)28(30,31)32)19-3-4-20-15-17-33-18-16-20/h1-2,5-14,20,33-34H,3-4,15-19H2. The van der Waals surface area contributed by atoms with Crippen molar-refractivity contribution in [3.63, 3.8) is 0 Å². The van der Waals surface area contributed by atoms with E-state index in [-0.39, 0.29) is 28.6 Å². The van der Waals surface area contributed by atoms with Gasteiger partial charge in [-0.05, 0) is 105 Å².